The lowest BCUT2D eigenvalue weighted by Gasteiger charge is -2.20. The summed E-state index contributed by atoms with van der Waals surface area (Å²) in [7, 11) is 0. The Balaban J connectivity index is 3.64. The van der Waals surface area contributed by atoms with Gasteiger partial charge in [-0.3, -0.25) is 4.84 Å². The molecule has 5 heteroatoms. The van der Waals surface area contributed by atoms with Crippen molar-refractivity contribution < 1.29 is 19.5 Å². The second kappa shape index (κ2) is 5.82. The average molecular weight is 205 g/mol. The van der Waals surface area contributed by atoms with Gasteiger partial charge in [0.15, 0.2) is 0 Å². The van der Waals surface area contributed by atoms with Gasteiger partial charge in [-0.05, 0) is 34.1 Å². The van der Waals surface area contributed by atoms with Gasteiger partial charge in [0.05, 0.1) is 6.10 Å². The van der Waals surface area contributed by atoms with Crippen LogP contribution in [0.2, 0.25) is 0 Å². The number of aliphatic hydroxyl groups excluding tert-OH is 1. The van der Waals surface area contributed by atoms with Crippen LogP contribution in [-0.4, -0.2) is 29.5 Å². The van der Waals surface area contributed by atoms with Gasteiger partial charge in [0.25, 0.3) is 0 Å². The maximum absolute atomic E-state index is 11.0. The third-order valence-corrected chi connectivity index (χ3v) is 1.28. The quantitative estimate of drug-likeness (QED) is 0.677. The van der Waals surface area contributed by atoms with Crippen molar-refractivity contribution in [2.75, 3.05) is 6.61 Å². The molecule has 0 aliphatic heterocycles. The van der Waals surface area contributed by atoms with Crippen LogP contribution in [0.25, 0.3) is 0 Å². The number of amides is 1. The lowest BCUT2D eigenvalue weighted by Crippen LogP contribution is -2.34. The van der Waals surface area contributed by atoms with E-state index >= 15 is 0 Å². The van der Waals surface area contributed by atoms with E-state index in [-0.39, 0.29) is 12.7 Å². The van der Waals surface area contributed by atoms with Crippen LogP contribution < -0.4 is 5.48 Å². The molecule has 0 spiro atoms. The van der Waals surface area contributed by atoms with E-state index in [2.05, 4.69) is 5.48 Å². The van der Waals surface area contributed by atoms with Gasteiger partial charge in [-0.15, -0.1) is 0 Å². The van der Waals surface area contributed by atoms with E-state index in [1.165, 1.54) is 0 Å². The molecule has 0 saturated heterocycles. The van der Waals surface area contributed by atoms with Crippen LogP contribution in [0.15, 0.2) is 0 Å². The molecule has 0 bridgehead atoms. The molecule has 0 heterocycles. The van der Waals surface area contributed by atoms with Gasteiger partial charge < -0.3 is 9.84 Å². The van der Waals surface area contributed by atoms with Crippen LogP contribution in [0.1, 0.15) is 34.1 Å². The number of nitrogens with one attached hydrogen (secondary N) is 1. The Kier molecular flexibility index (Phi) is 5.49. The van der Waals surface area contributed by atoms with Gasteiger partial charge in [0.2, 0.25) is 0 Å². The minimum atomic E-state index is -0.623. The van der Waals surface area contributed by atoms with Crippen molar-refractivity contribution in [3.63, 3.8) is 0 Å². The zero-order valence-corrected chi connectivity index (χ0v) is 9.16. The summed E-state index contributed by atoms with van der Waals surface area (Å²) in [5.41, 5.74) is 1.62. The number of aliphatic hydroxyl groups is 1. The fourth-order valence-electron chi connectivity index (χ4n) is 0.688. The molecule has 84 valence electrons. The summed E-state index contributed by atoms with van der Waals surface area (Å²) in [5, 5.41) is 8.56. The molecule has 0 radical (unpaired) electrons. The highest BCUT2D eigenvalue weighted by atomic mass is 16.7. The lowest BCUT2D eigenvalue weighted by molar-refractivity contribution is -0.0423. The van der Waals surface area contributed by atoms with Crippen molar-refractivity contribution in [3.8, 4) is 0 Å². The Morgan fingerprint density at radius 2 is 2.07 bits per heavy atom. The average Bonchev–Trinajstić information content (AvgIpc) is 1.98. The van der Waals surface area contributed by atoms with Crippen molar-refractivity contribution in [2.45, 2.75) is 45.8 Å². The SMILES string of the molecule is CC(CCO)ONC(=O)OC(C)(C)C. The highest BCUT2D eigenvalue weighted by Crippen LogP contribution is 2.06. The number of hydroxylamine groups is 1. The van der Waals surface area contributed by atoms with Crippen LogP contribution in [-0.2, 0) is 9.57 Å². The molecule has 0 rings (SSSR count). The molecule has 2 N–H and O–H groups in total. The molecule has 5 nitrogen and oxygen atoms in total. The molecule has 0 aromatic carbocycles. The van der Waals surface area contributed by atoms with E-state index < -0.39 is 11.7 Å². The van der Waals surface area contributed by atoms with Gasteiger partial charge in [0.1, 0.15) is 5.60 Å². The molecule has 0 aromatic heterocycles. The Labute approximate surface area is 84.3 Å². The summed E-state index contributed by atoms with van der Waals surface area (Å²) in [6.07, 6.45) is -0.384. The molecular formula is C9H19NO4. The van der Waals surface area contributed by atoms with Crippen molar-refractivity contribution in [1.29, 1.82) is 0 Å². The molecule has 1 amide bonds. The summed E-state index contributed by atoms with van der Waals surface area (Å²) in [6, 6.07) is 0. The maximum atomic E-state index is 11.0. The number of carbonyl (C=O) groups excluding carboxylic acids is 1. The highest BCUT2D eigenvalue weighted by Gasteiger charge is 2.16. The zero-order chi connectivity index (χ0) is 11.2. The first-order valence-corrected chi connectivity index (χ1v) is 4.60. The summed E-state index contributed by atoms with van der Waals surface area (Å²) >= 11 is 0. The summed E-state index contributed by atoms with van der Waals surface area (Å²) in [6.45, 7) is 7.07. The number of rotatable bonds is 4. The summed E-state index contributed by atoms with van der Waals surface area (Å²) < 4.78 is 4.93. The topological polar surface area (TPSA) is 67.8 Å². The Bertz CT molecular complexity index is 176. The largest absolute Gasteiger partial charge is 0.442 e. The molecule has 1 atom stereocenters. The molecule has 0 fully saturated rings. The predicted octanol–water partition coefficient (Wildman–Crippen LogP) is 1.21. The van der Waals surface area contributed by atoms with E-state index in [1.807, 2.05) is 0 Å². The minimum Gasteiger partial charge on any atom is -0.442 e. The van der Waals surface area contributed by atoms with Crippen molar-refractivity contribution in [2.24, 2.45) is 0 Å². The zero-order valence-electron chi connectivity index (χ0n) is 9.16. The molecule has 0 saturated carbocycles. The maximum Gasteiger partial charge on any atom is 0.431 e. The second-order valence-corrected chi connectivity index (χ2v) is 4.04. The van der Waals surface area contributed by atoms with E-state index in [1.54, 1.807) is 27.7 Å². The molecule has 0 aliphatic rings. The highest BCUT2D eigenvalue weighted by molar-refractivity contribution is 5.66. The normalized spacial score (nSPS) is 13.5. The lowest BCUT2D eigenvalue weighted by atomic mass is 10.2. The minimum absolute atomic E-state index is 0.0250. The standard InChI is InChI=1S/C9H19NO4/c1-7(5-6-11)14-10-8(12)13-9(2,3)4/h7,11H,5-6H2,1-4H3,(H,10,12). The molecule has 0 aliphatic carbocycles. The summed E-state index contributed by atoms with van der Waals surface area (Å²) in [5.74, 6) is 0. The Morgan fingerprint density at radius 3 is 2.50 bits per heavy atom. The number of carbonyl (C=O) groups is 1. The first-order chi connectivity index (χ1) is 6.35. The molecule has 1 unspecified atom stereocenters. The van der Waals surface area contributed by atoms with E-state index in [0.717, 1.165) is 0 Å². The molecular weight excluding hydrogens is 186 g/mol. The fraction of sp³-hybridized carbons (Fsp3) is 0.889. The first-order valence-electron chi connectivity index (χ1n) is 4.60. The number of hydrogen-bond acceptors (Lipinski definition) is 4. The van der Waals surface area contributed by atoms with E-state index in [0.29, 0.717) is 6.42 Å². The van der Waals surface area contributed by atoms with Crippen LogP contribution >= 0.6 is 0 Å². The van der Waals surface area contributed by atoms with Crippen LogP contribution in [0, 0.1) is 0 Å². The summed E-state index contributed by atoms with van der Waals surface area (Å²) in [4.78, 5) is 16.0. The monoisotopic (exact) mass is 205 g/mol. The number of hydrogen-bond donors (Lipinski definition) is 2. The van der Waals surface area contributed by atoms with Gasteiger partial charge in [0, 0.05) is 6.61 Å². The molecule has 14 heavy (non-hydrogen) atoms. The van der Waals surface area contributed by atoms with Gasteiger partial charge in [-0.1, -0.05) is 0 Å². The van der Waals surface area contributed by atoms with Gasteiger partial charge in [-0.25, -0.2) is 4.79 Å². The van der Waals surface area contributed by atoms with Crippen LogP contribution in [0.4, 0.5) is 4.79 Å². The number of ether oxygens (including phenoxy) is 1. The van der Waals surface area contributed by atoms with E-state index in [9.17, 15) is 4.79 Å². The Morgan fingerprint density at radius 1 is 1.50 bits per heavy atom. The smallest absolute Gasteiger partial charge is 0.431 e. The third kappa shape index (κ3) is 7.82. The van der Waals surface area contributed by atoms with Crippen LogP contribution in [0.3, 0.4) is 0 Å². The fourth-order valence-corrected chi connectivity index (χ4v) is 0.688. The van der Waals surface area contributed by atoms with Crippen molar-refractivity contribution in [1.82, 2.24) is 5.48 Å². The first kappa shape index (κ1) is 13.2. The van der Waals surface area contributed by atoms with Crippen molar-refractivity contribution in [3.05, 3.63) is 0 Å². The Hall–Kier alpha value is -0.810. The van der Waals surface area contributed by atoms with Gasteiger partial charge >= 0.3 is 6.09 Å². The molecule has 0 aromatic rings. The third-order valence-electron chi connectivity index (χ3n) is 1.28. The van der Waals surface area contributed by atoms with Crippen LogP contribution in [0.5, 0.6) is 0 Å². The predicted molar refractivity (Wildman–Crippen MR) is 51.6 cm³/mol. The van der Waals surface area contributed by atoms with E-state index in [4.69, 9.17) is 14.7 Å². The second-order valence-electron chi connectivity index (χ2n) is 4.04. The van der Waals surface area contributed by atoms with Crippen molar-refractivity contribution >= 4 is 6.09 Å². The van der Waals surface area contributed by atoms with Gasteiger partial charge in [-0.2, -0.15) is 5.48 Å².